The maximum atomic E-state index is 11.7. The van der Waals surface area contributed by atoms with E-state index in [4.69, 9.17) is 15.6 Å². The zero-order valence-electron chi connectivity index (χ0n) is 12.3. The molecule has 0 fully saturated rings. The minimum atomic E-state index is -0.521. The van der Waals surface area contributed by atoms with Gasteiger partial charge in [0, 0.05) is 17.7 Å². The molecule has 7 nitrogen and oxygen atoms in total. The second-order valence-corrected chi connectivity index (χ2v) is 4.79. The van der Waals surface area contributed by atoms with Gasteiger partial charge in [-0.15, -0.1) is 6.42 Å². The Labute approximate surface area is 136 Å². The van der Waals surface area contributed by atoms with Crippen LogP contribution < -0.4 is 0 Å². The van der Waals surface area contributed by atoms with E-state index >= 15 is 0 Å². The minimum Gasteiger partial charge on any atom is -0.449 e. The average molecular weight is 322 g/mol. The quantitative estimate of drug-likeness (QED) is 0.317. The number of nitrogens with zero attached hydrogens (tertiary/aromatic N) is 2. The number of carbonyl (C=O) groups is 1. The van der Waals surface area contributed by atoms with Crippen molar-refractivity contribution in [1.29, 1.82) is 0 Å². The van der Waals surface area contributed by atoms with Crippen LogP contribution in [0, 0.1) is 22.5 Å². The van der Waals surface area contributed by atoms with Crippen molar-refractivity contribution in [3.8, 4) is 23.8 Å². The molecule has 0 N–H and O–H groups in total. The van der Waals surface area contributed by atoms with Gasteiger partial charge in [0.1, 0.15) is 5.52 Å². The van der Waals surface area contributed by atoms with Gasteiger partial charge in [-0.3, -0.25) is 10.1 Å². The molecule has 0 radical (unpaired) electrons. The Kier molecular flexibility index (Phi) is 3.95. The molecule has 0 unspecified atom stereocenters. The lowest BCUT2D eigenvalue weighted by atomic mass is 10.1. The van der Waals surface area contributed by atoms with Crippen molar-refractivity contribution >= 4 is 22.8 Å². The molecule has 0 aliphatic heterocycles. The van der Waals surface area contributed by atoms with Gasteiger partial charge in [0.05, 0.1) is 10.5 Å². The van der Waals surface area contributed by atoms with Gasteiger partial charge < -0.3 is 9.15 Å². The molecule has 118 valence electrons. The number of fused-ring (bicyclic) bond motifs is 1. The predicted molar refractivity (Wildman–Crippen MR) is 85.2 cm³/mol. The fourth-order valence-electron chi connectivity index (χ4n) is 2.09. The molecular weight excluding hydrogens is 312 g/mol. The summed E-state index contributed by atoms with van der Waals surface area (Å²) in [5.74, 6) is 2.00. The maximum absolute atomic E-state index is 11.7. The van der Waals surface area contributed by atoms with Crippen molar-refractivity contribution in [2.45, 2.75) is 0 Å². The van der Waals surface area contributed by atoms with Crippen molar-refractivity contribution < 1.29 is 18.9 Å². The van der Waals surface area contributed by atoms with E-state index in [0.717, 1.165) is 0 Å². The number of carbonyl (C=O) groups excluding carboxylic acids is 1. The third-order valence-electron chi connectivity index (χ3n) is 3.24. The summed E-state index contributed by atoms with van der Waals surface area (Å²) in [6.45, 7) is -0.0928. The first-order valence-electron chi connectivity index (χ1n) is 6.84. The molecule has 1 heterocycles. The molecule has 0 aliphatic rings. The van der Waals surface area contributed by atoms with Crippen LogP contribution in [-0.2, 0) is 4.74 Å². The highest BCUT2D eigenvalue weighted by atomic mass is 16.6. The van der Waals surface area contributed by atoms with Gasteiger partial charge in [-0.2, -0.15) is 0 Å². The molecule has 3 rings (SSSR count). The van der Waals surface area contributed by atoms with Crippen molar-refractivity contribution in [3.05, 3.63) is 58.1 Å². The highest BCUT2D eigenvalue weighted by Gasteiger charge is 2.13. The first-order valence-corrected chi connectivity index (χ1v) is 6.84. The van der Waals surface area contributed by atoms with Gasteiger partial charge in [-0.05, 0) is 30.3 Å². The minimum absolute atomic E-state index is 0.0612. The monoisotopic (exact) mass is 322 g/mol. The van der Waals surface area contributed by atoms with Crippen LogP contribution in [0.2, 0.25) is 0 Å². The number of nitro groups is 1. The van der Waals surface area contributed by atoms with E-state index in [1.807, 2.05) is 0 Å². The highest BCUT2D eigenvalue weighted by Crippen LogP contribution is 2.27. The summed E-state index contributed by atoms with van der Waals surface area (Å²) in [5.41, 5.74) is 1.74. The van der Waals surface area contributed by atoms with Gasteiger partial charge in [-0.1, -0.05) is 5.92 Å². The van der Waals surface area contributed by atoms with Crippen LogP contribution in [-0.4, -0.2) is 22.5 Å². The second-order valence-electron chi connectivity index (χ2n) is 4.79. The van der Waals surface area contributed by atoms with Crippen LogP contribution in [0.4, 0.5) is 5.69 Å². The second kappa shape index (κ2) is 6.22. The molecule has 0 bridgehead atoms. The van der Waals surface area contributed by atoms with E-state index < -0.39 is 10.9 Å². The average Bonchev–Trinajstić information content (AvgIpc) is 3.02. The number of terminal acetylenes is 1. The van der Waals surface area contributed by atoms with Gasteiger partial charge in [-0.25, -0.2) is 9.78 Å². The van der Waals surface area contributed by atoms with Crippen molar-refractivity contribution in [1.82, 2.24) is 4.98 Å². The maximum Gasteiger partial charge on any atom is 0.339 e. The molecular formula is C17H10N2O5. The van der Waals surface area contributed by atoms with Crippen LogP contribution in [0.25, 0.3) is 22.6 Å². The Morgan fingerprint density at radius 1 is 1.29 bits per heavy atom. The number of aromatic nitrogens is 1. The van der Waals surface area contributed by atoms with E-state index in [2.05, 4.69) is 10.9 Å². The normalized spacial score (nSPS) is 10.3. The molecule has 0 amide bonds. The molecule has 0 saturated heterocycles. The van der Waals surface area contributed by atoms with Crippen LogP contribution in [0.1, 0.15) is 10.4 Å². The molecule has 0 aliphatic carbocycles. The van der Waals surface area contributed by atoms with Gasteiger partial charge in [0.2, 0.25) is 5.89 Å². The molecule has 3 aromatic rings. The number of esters is 1. The third kappa shape index (κ3) is 2.94. The van der Waals surface area contributed by atoms with E-state index in [1.54, 1.807) is 24.3 Å². The summed E-state index contributed by atoms with van der Waals surface area (Å²) in [6.07, 6.45) is 5.03. The lowest BCUT2D eigenvalue weighted by Crippen LogP contribution is -2.04. The number of hydrogen-bond acceptors (Lipinski definition) is 6. The van der Waals surface area contributed by atoms with Crippen LogP contribution in [0.3, 0.4) is 0 Å². The van der Waals surface area contributed by atoms with E-state index in [9.17, 15) is 14.9 Å². The predicted octanol–water partition coefficient (Wildman–Crippen LogP) is 3.19. The molecule has 0 spiro atoms. The number of non-ortho nitro benzene ring substituents is 1. The highest BCUT2D eigenvalue weighted by molar-refractivity contribution is 5.90. The van der Waals surface area contributed by atoms with Crippen molar-refractivity contribution in [2.75, 3.05) is 6.61 Å². The lowest BCUT2D eigenvalue weighted by molar-refractivity contribution is -0.384. The third-order valence-corrected chi connectivity index (χ3v) is 3.24. The summed E-state index contributed by atoms with van der Waals surface area (Å²) in [7, 11) is 0. The Bertz CT molecular complexity index is 967. The number of ether oxygens (including phenoxy) is 1. The van der Waals surface area contributed by atoms with Crippen LogP contribution in [0.15, 0.2) is 46.9 Å². The Morgan fingerprint density at radius 3 is 2.71 bits per heavy atom. The summed E-state index contributed by atoms with van der Waals surface area (Å²) in [5, 5.41) is 10.8. The summed E-state index contributed by atoms with van der Waals surface area (Å²) >= 11 is 0. The summed E-state index contributed by atoms with van der Waals surface area (Å²) in [6, 6.07) is 10.6. The molecule has 2 aromatic carbocycles. The number of nitro benzene ring substituents is 1. The van der Waals surface area contributed by atoms with Gasteiger partial charge in [0.15, 0.2) is 12.2 Å². The van der Waals surface area contributed by atoms with Gasteiger partial charge in [0.25, 0.3) is 5.69 Å². The largest absolute Gasteiger partial charge is 0.449 e. The van der Waals surface area contributed by atoms with Crippen LogP contribution >= 0.6 is 0 Å². The fraction of sp³-hybridized carbons (Fsp3) is 0.0588. The molecule has 1 aromatic heterocycles. The van der Waals surface area contributed by atoms with E-state index in [-0.39, 0.29) is 12.3 Å². The summed E-state index contributed by atoms with van der Waals surface area (Å²) in [4.78, 5) is 26.2. The van der Waals surface area contributed by atoms with E-state index in [1.165, 1.54) is 18.2 Å². The van der Waals surface area contributed by atoms with E-state index in [0.29, 0.717) is 28.1 Å². The number of oxazole rings is 1. The smallest absolute Gasteiger partial charge is 0.339 e. The lowest BCUT2D eigenvalue weighted by Gasteiger charge is -2.01. The Hall–Kier alpha value is -3.66. The SMILES string of the molecule is C#CCOC(=O)c1ccc(-c2nc3cc([N+](=O)[O-])ccc3o2)cc1. The van der Waals surface area contributed by atoms with Crippen molar-refractivity contribution in [2.24, 2.45) is 0 Å². The molecule has 24 heavy (non-hydrogen) atoms. The first kappa shape index (κ1) is 15.2. The molecule has 0 saturated carbocycles. The zero-order valence-corrected chi connectivity index (χ0v) is 12.3. The number of benzene rings is 2. The van der Waals surface area contributed by atoms with Crippen LogP contribution in [0.5, 0.6) is 0 Å². The summed E-state index contributed by atoms with van der Waals surface area (Å²) < 4.78 is 10.4. The van der Waals surface area contributed by atoms with Gasteiger partial charge >= 0.3 is 5.97 Å². The first-order chi connectivity index (χ1) is 11.6. The molecule has 0 atom stereocenters. The standard InChI is InChI=1S/C17H10N2O5/c1-2-9-23-17(20)12-5-3-11(4-6-12)16-18-14-10-13(19(21)22)7-8-15(14)24-16/h1,3-8,10H,9H2. The number of hydrogen-bond donors (Lipinski definition) is 0. The number of rotatable bonds is 4. The Balaban J connectivity index is 1.89. The topological polar surface area (TPSA) is 95.5 Å². The Morgan fingerprint density at radius 2 is 2.04 bits per heavy atom. The zero-order chi connectivity index (χ0) is 17.1. The van der Waals surface area contributed by atoms with Crippen molar-refractivity contribution in [3.63, 3.8) is 0 Å². The molecule has 7 heteroatoms. The fourth-order valence-corrected chi connectivity index (χ4v) is 2.09.